The van der Waals surface area contributed by atoms with Gasteiger partial charge in [0, 0.05) is 0 Å². The van der Waals surface area contributed by atoms with Gasteiger partial charge < -0.3 is 20.5 Å². The first-order valence-corrected chi connectivity index (χ1v) is 8.04. The first kappa shape index (κ1) is 18.9. The fourth-order valence-corrected chi connectivity index (χ4v) is 2.06. The summed E-state index contributed by atoms with van der Waals surface area (Å²) in [4.78, 5) is 23.2. The van der Waals surface area contributed by atoms with Crippen molar-refractivity contribution in [1.82, 2.24) is 5.32 Å². The Kier molecular flexibility index (Phi) is 7.07. The minimum absolute atomic E-state index is 0.0796. The number of hydrogen-bond acceptors (Lipinski definition) is 4. The van der Waals surface area contributed by atoms with Gasteiger partial charge in [0.05, 0.1) is 12.1 Å². The van der Waals surface area contributed by atoms with Gasteiger partial charge in [-0.15, -0.1) is 0 Å². The standard InChI is InChI=1S/C20H20N2O4/c1-15(26-16-9-3-2-4-10-16)20(24)22-13-7-8-14-25-18-12-6-5-11-17(18)19(21)23/h2-6,9-12,15H,13-14H2,1H3,(H2,21,23)(H,22,24). The van der Waals surface area contributed by atoms with E-state index in [0.29, 0.717) is 17.1 Å². The van der Waals surface area contributed by atoms with E-state index in [-0.39, 0.29) is 19.1 Å². The lowest BCUT2D eigenvalue weighted by Gasteiger charge is -2.13. The molecule has 2 aromatic rings. The summed E-state index contributed by atoms with van der Waals surface area (Å²) in [6.45, 7) is 1.91. The highest BCUT2D eigenvalue weighted by Crippen LogP contribution is 2.16. The molecule has 0 aromatic heterocycles. The van der Waals surface area contributed by atoms with Gasteiger partial charge in [0.25, 0.3) is 11.8 Å². The van der Waals surface area contributed by atoms with Crippen LogP contribution in [0.2, 0.25) is 0 Å². The number of amides is 2. The zero-order chi connectivity index (χ0) is 18.8. The molecule has 3 N–H and O–H groups in total. The molecule has 1 unspecified atom stereocenters. The highest BCUT2D eigenvalue weighted by atomic mass is 16.5. The van der Waals surface area contributed by atoms with Crippen LogP contribution >= 0.6 is 0 Å². The number of nitrogens with two attached hydrogens (primary N) is 1. The highest BCUT2D eigenvalue weighted by Gasteiger charge is 2.13. The van der Waals surface area contributed by atoms with Crippen molar-refractivity contribution in [3.63, 3.8) is 0 Å². The van der Waals surface area contributed by atoms with Crippen LogP contribution in [0.25, 0.3) is 0 Å². The molecule has 2 amide bonds. The number of primary amides is 1. The van der Waals surface area contributed by atoms with Gasteiger partial charge in [-0.3, -0.25) is 9.59 Å². The predicted octanol–water partition coefficient (Wildman–Crippen LogP) is 1.75. The molecule has 0 radical (unpaired) electrons. The van der Waals surface area contributed by atoms with Gasteiger partial charge in [-0.05, 0) is 31.2 Å². The monoisotopic (exact) mass is 352 g/mol. The van der Waals surface area contributed by atoms with Crippen LogP contribution in [0.3, 0.4) is 0 Å². The van der Waals surface area contributed by atoms with Gasteiger partial charge in [-0.1, -0.05) is 42.2 Å². The molecule has 0 heterocycles. The van der Waals surface area contributed by atoms with Crippen LogP contribution in [-0.4, -0.2) is 31.1 Å². The Morgan fingerprint density at radius 3 is 2.50 bits per heavy atom. The number of para-hydroxylation sites is 2. The lowest BCUT2D eigenvalue weighted by atomic mass is 10.2. The quantitative estimate of drug-likeness (QED) is 0.743. The molecule has 0 spiro atoms. The Morgan fingerprint density at radius 2 is 1.77 bits per heavy atom. The van der Waals surface area contributed by atoms with Crippen LogP contribution in [-0.2, 0) is 4.79 Å². The maximum absolute atomic E-state index is 11.9. The maximum atomic E-state index is 11.9. The molecule has 0 saturated carbocycles. The molecule has 134 valence electrons. The van der Waals surface area contributed by atoms with Crippen LogP contribution in [0.15, 0.2) is 54.6 Å². The Hall–Kier alpha value is -3.46. The summed E-state index contributed by atoms with van der Waals surface area (Å²) in [5.74, 6) is 5.72. The molecular formula is C20H20N2O4. The van der Waals surface area contributed by atoms with E-state index in [1.807, 2.05) is 18.2 Å². The summed E-state index contributed by atoms with van der Waals surface area (Å²) in [6.07, 6.45) is -0.627. The lowest BCUT2D eigenvalue weighted by Crippen LogP contribution is -2.36. The number of rotatable bonds is 7. The average molecular weight is 352 g/mol. The van der Waals surface area contributed by atoms with Crippen molar-refractivity contribution in [2.45, 2.75) is 13.0 Å². The van der Waals surface area contributed by atoms with E-state index in [0.717, 1.165) is 0 Å². The van der Waals surface area contributed by atoms with E-state index >= 15 is 0 Å². The predicted molar refractivity (Wildman–Crippen MR) is 97.8 cm³/mol. The van der Waals surface area contributed by atoms with E-state index in [9.17, 15) is 9.59 Å². The van der Waals surface area contributed by atoms with E-state index < -0.39 is 12.0 Å². The molecule has 2 rings (SSSR count). The van der Waals surface area contributed by atoms with Crippen LogP contribution in [0.5, 0.6) is 11.5 Å². The summed E-state index contributed by atoms with van der Waals surface area (Å²) in [5, 5.41) is 2.66. The summed E-state index contributed by atoms with van der Waals surface area (Å²) in [7, 11) is 0. The third kappa shape index (κ3) is 5.87. The number of carbonyl (C=O) groups is 2. The zero-order valence-corrected chi connectivity index (χ0v) is 14.4. The number of benzene rings is 2. The van der Waals surface area contributed by atoms with Crippen LogP contribution in [0.1, 0.15) is 17.3 Å². The van der Waals surface area contributed by atoms with Crippen LogP contribution in [0, 0.1) is 11.8 Å². The van der Waals surface area contributed by atoms with Gasteiger partial charge in [0.2, 0.25) is 0 Å². The van der Waals surface area contributed by atoms with E-state index in [1.54, 1.807) is 43.3 Å². The van der Waals surface area contributed by atoms with Gasteiger partial charge >= 0.3 is 0 Å². The normalized spacial score (nSPS) is 10.8. The van der Waals surface area contributed by atoms with Crippen molar-refractivity contribution in [2.75, 3.05) is 13.2 Å². The van der Waals surface area contributed by atoms with Gasteiger partial charge in [0.15, 0.2) is 6.10 Å². The van der Waals surface area contributed by atoms with Crippen molar-refractivity contribution in [3.05, 3.63) is 60.2 Å². The number of nitrogens with one attached hydrogen (secondary N) is 1. The number of hydrogen-bond donors (Lipinski definition) is 2. The molecule has 0 aliphatic heterocycles. The van der Waals surface area contributed by atoms with Gasteiger partial charge in [-0.25, -0.2) is 0 Å². The van der Waals surface area contributed by atoms with Crippen LogP contribution < -0.4 is 20.5 Å². The number of ether oxygens (including phenoxy) is 2. The summed E-state index contributed by atoms with van der Waals surface area (Å²) in [5.41, 5.74) is 5.57. The van der Waals surface area contributed by atoms with E-state index in [4.69, 9.17) is 15.2 Å². The smallest absolute Gasteiger partial charge is 0.261 e. The minimum Gasteiger partial charge on any atom is -0.481 e. The molecule has 1 atom stereocenters. The summed E-state index contributed by atoms with van der Waals surface area (Å²) >= 11 is 0. The second-order valence-electron chi connectivity index (χ2n) is 5.29. The first-order valence-electron chi connectivity index (χ1n) is 8.04. The molecule has 0 aliphatic carbocycles. The summed E-state index contributed by atoms with van der Waals surface area (Å²) < 4.78 is 10.9. The Morgan fingerprint density at radius 1 is 1.08 bits per heavy atom. The minimum atomic E-state index is -0.627. The molecule has 0 aliphatic rings. The molecular weight excluding hydrogens is 332 g/mol. The fourth-order valence-electron chi connectivity index (χ4n) is 2.06. The SMILES string of the molecule is CC(Oc1ccccc1)C(=O)NCC#CCOc1ccccc1C(N)=O. The molecule has 26 heavy (non-hydrogen) atoms. The van der Waals surface area contributed by atoms with Crippen molar-refractivity contribution < 1.29 is 19.1 Å². The number of carbonyl (C=O) groups excluding carboxylic acids is 2. The van der Waals surface area contributed by atoms with E-state index in [1.165, 1.54) is 0 Å². The lowest BCUT2D eigenvalue weighted by molar-refractivity contribution is -0.127. The fraction of sp³-hybridized carbons (Fsp3) is 0.200. The zero-order valence-electron chi connectivity index (χ0n) is 14.4. The van der Waals surface area contributed by atoms with Crippen molar-refractivity contribution in [2.24, 2.45) is 5.73 Å². The molecule has 2 aromatic carbocycles. The largest absolute Gasteiger partial charge is 0.481 e. The van der Waals surface area contributed by atoms with E-state index in [2.05, 4.69) is 17.2 Å². The van der Waals surface area contributed by atoms with Crippen molar-refractivity contribution >= 4 is 11.8 Å². The van der Waals surface area contributed by atoms with Gasteiger partial charge in [-0.2, -0.15) is 0 Å². The first-order chi connectivity index (χ1) is 12.6. The summed E-state index contributed by atoms with van der Waals surface area (Å²) in [6, 6.07) is 15.8. The maximum Gasteiger partial charge on any atom is 0.261 e. The Bertz CT molecular complexity index is 809. The van der Waals surface area contributed by atoms with Crippen LogP contribution in [0.4, 0.5) is 0 Å². The Labute approximate surface area is 152 Å². The molecule has 6 nitrogen and oxygen atoms in total. The molecule has 0 saturated heterocycles. The molecule has 6 heteroatoms. The second-order valence-corrected chi connectivity index (χ2v) is 5.29. The molecule has 0 fully saturated rings. The Balaban J connectivity index is 1.73. The topological polar surface area (TPSA) is 90.7 Å². The van der Waals surface area contributed by atoms with Crippen molar-refractivity contribution in [3.8, 4) is 23.3 Å². The second kappa shape index (κ2) is 9.74. The van der Waals surface area contributed by atoms with Crippen molar-refractivity contribution in [1.29, 1.82) is 0 Å². The third-order valence-electron chi connectivity index (χ3n) is 3.35. The third-order valence-corrected chi connectivity index (χ3v) is 3.35. The highest BCUT2D eigenvalue weighted by molar-refractivity contribution is 5.95. The average Bonchev–Trinajstić information content (AvgIpc) is 2.65. The van der Waals surface area contributed by atoms with Gasteiger partial charge in [0.1, 0.15) is 18.1 Å². The molecule has 0 bridgehead atoms.